The van der Waals surface area contributed by atoms with E-state index in [1.54, 1.807) is 0 Å². The number of rotatable bonds is 4. The van der Waals surface area contributed by atoms with Gasteiger partial charge in [-0.1, -0.05) is 44.2 Å². The summed E-state index contributed by atoms with van der Waals surface area (Å²) in [6.45, 7) is 6.24. The van der Waals surface area contributed by atoms with Crippen molar-refractivity contribution in [3.8, 4) is 0 Å². The Kier molecular flexibility index (Phi) is 4.81. The molecule has 1 aromatic carbocycles. The van der Waals surface area contributed by atoms with Crippen LogP contribution in [0.25, 0.3) is 0 Å². The van der Waals surface area contributed by atoms with Crippen molar-refractivity contribution in [2.75, 3.05) is 13.1 Å². The Hall–Kier alpha value is -1.35. The van der Waals surface area contributed by atoms with Gasteiger partial charge in [0, 0.05) is 13.1 Å². The lowest BCUT2D eigenvalue weighted by molar-refractivity contribution is -0.134. The lowest BCUT2D eigenvalue weighted by Gasteiger charge is -2.37. The Balaban J connectivity index is 1.80. The van der Waals surface area contributed by atoms with Gasteiger partial charge in [-0.25, -0.2) is 0 Å². The van der Waals surface area contributed by atoms with Crippen molar-refractivity contribution in [2.24, 2.45) is 11.1 Å². The summed E-state index contributed by atoms with van der Waals surface area (Å²) < 4.78 is 0. The minimum absolute atomic E-state index is 0.122. The molecule has 0 saturated carbocycles. The molecule has 1 heterocycles. The van der Waals surface area contributed by atoms with Crippen LogP contribution in [0.1, 0.15) is 38.7 Å². The number of nitrogens with zero attached hydrogens (tertiary/aromatic N) is 1. The number of aryl methyl sites for hydroxylation is 1. The molecule has 1 aliphatic heterocycles. The van der Waals surface area contributed by atoms with Crippen molar-refractivity contribution in [1.29, 1.82) is 0 Å². The van der Waals surface area contributed by atoms with E-state index in [4.69, 9.17) is 5.73 Å². The molecule has 20 heavy (non-hydrogen) atoms. The van der Waals surface area contributed by atoms with Crippen LogP contribution in [0.3, 0.4) is 0 Å². The standard InChI is InChI=1S/C17H26N2O/c1-17(2)10-12-19(13-11-17)16(20)15(18)9-8-14-6-4-3-5-7-14/h3-7,15H,8-13,18H2,1-2H3/t15-/m0/s1. The second-order valence-electron chi connectivity index (χ2n) is 6.62. The van der Waals surface area contributed by atoms with Crippen LogP contribution < -0.4 is 5.73 Å². The number of hydrogen-bond donors (Lipinski definition) is 1. The summed E-state index contributed by atoms with van der Waals surface area (Å²) in [5.74, 6) is 0.122. The van der Waals surface area contributed by atoms with Crippen LogP contribution in [-0.2, 0) is 11.2 Å². The molecular weight excluding hydrogens is 248 g/mol. The highest BCUT2D eigenvalue weighted by Crippen LogP contribution is 2.29. The minimum Gasteiger partial charge on any atom is -0.341 e. The van der Waals surface area contributed by atoms with Gasteiger partial charge >= 0.3 is 0 Å². The molecule has 1 fully saturated rings. The zero-order chi connectivity index (χ0) is 14.6. The number of amides is 1. The lowest BCUT2D eigenvalue weighted by Crippen LogP contribution is -2.48. The van der Waals surface area contributed by atoms with Crippen LogP contribution in [-0.4, -0.2) is 29.9 Å². The second kappa shape index (κ2) is 6.40. The first-order chi connectivity index (χ1) is 9.48. The zero-order valence-electron chi connectivity index (χ0n) is 12.6. The van der Waals surface area contributed by atoms with Gasteiger partial charge in [0.1, 0.15) is 0 Å². The van der Waals surface area contributed by atoms with Crippen molar-refractivity contribution in [3.63, 3.8) is 0 Å². The lowest BCUT2D eigenvalue weighted by atomic mass is 9.82. The first-order valence-corrected chi connectivity index (χ1v) is 7.56. The molecule has 1 aliphatic rings. The Morgan fingerprint density at radius 1 is 1.25 bits per heavy atom. The van der Waals surface area contributed by atoms with E-state index in [1.807, 2.05) is 23.1 Å². The highest BCUT2D eigenvalue weighted by Gasteiger charge is 2.29. The SMILES string of the molecule is CC1(C)CCN(C(=O)[C@@H](N)CCc2ccccc2)CC1. The van der Waals surface area contributed by atoms with Gasteiger partial charge in [0.2, 0.25) is 5.91 Å². The Bertz CT molecular complexity index is 432. The topological polar surface area (TPSA) is 46.3 Å². The summed E-state index contributed by atoms with van der Waals surface area (Å²) in [4.78, 5) is 14.3. The fraction of sp³-hybridized carbons (Fsp3) is 0.588. The summed E-state index contributed by atoms with van der Waals surface area (Å²) in [7, 11) is 0. The van der Waals surface area contributed by atoms with E-state index in [9.17, 15) is 4.79 Å². The molecule has 1 atom stereocenters. The molecule has 110 valence electrons. The van der Waals surface area contributed by atoms with Gasteiger partial charge in [-0.15, -0.1) is 0 Å². The Morgan fingerprint density at radius 3 is 2.45 bits per heavy atom. The van der Waals surface area contributed by atoms with Crippen LogP contribution in [0.15, 0.2) is 30.3 Å². The van der Waals surface area contributed by atoms with Gasteiger partial charge in [-0.05, 0) is 36.7 Å². The minimum atomic E-state index is -0.364. The average Bonchev–Trinajstić information content (AvgIpc) is 2.45. The molecule has 0 spiro atoms. The number of piperidine rings is 1. The molecule has 3 heteroatoms. The summed E-state index contributed by atoms with van der Waals surface area (Å²) in [6, 6.07) is 9.85. The quantitative estimate of drug-likeness (QED) is 0.917. The largest absolute Gasteiger partial charge is 0.341 e. The van der Waals surface area contributed by atoms with E-state index in [2.05, 4.69) is 26.0 Å². The molecule has 1 saturated heterocycles. The van der Waals surface area contributed by atoms with Crippen molar-refractivity contribution in [1.82, 2.24) is 4.90 Å². The van der Waals surface area contributed by atoms with Gasteiger partial charge in [0.25, 0.3) is 0 Å². The number of likely N-dealkylation sites (tertiary alicyclic amines) is 1. The molecular formula is C17H26N2O. The second-order valence-corrected chi connectivity index (χ2v) is 6.62. The maximum absolute atomic E-state index is 12.3. The number of benzene rings is 1. The monoisotopic (exact) mass is 274 g/mol. The van der Waals surface area contributed by atoms with Crippen LogP contribution >= 0.6 is 0 Å². The molecule has 2 rings (SSSR count). The maximum atomic E-state index is 12.3. The summed E-state index contributed by atoms with van der Waals surface area (Å²) in [6.07, 6.45) is 3.74. The first-order valence-electron chi connectivity index (χ1n) is 7.56. The zero-order valence-corrected chi connectivity index (χ0v) is 12.6. The van der Waals surface area contributed by atoms with Crippen molar-refractivity contribution >= 4 is 5.91 Å². The Labute approximate surface area is 122 Å². The third-order valence-corrected chi connectivity index (χ3v) is 4.33. The van der Waals surface area contributed by atoms with Gasteiger partial charge in [-0.2, -0.15) is 0 Å². The number of hydrogen-bond acceptors (Lipinski definition) is 2. The van der Waals surface area contributed by atoms with E-state index in [-0.39, 0.29) is 11.9 Å². The predicted molar refractivity (Wildman–Crippen MR) is 82.3 cm³/mol. The molecule has 2 N–H and O–H groups in total. The van der Waals surface area contributed by atoms with Crippen LogP contribution in [0, 0.1) is 5.41 Å². The van der Waals surface area contributed by atoms with Gasteiger partial charge in [-0.3, -0.25) is 4.79 Å². The van der Waals surface area contributed by atoms with Crippen molar-refractivity contribution in [2.45, 2.75) is 45.6 Å². The fourth-order valence-corrected chi connectivity index (χ4v) is 2.66. The molecule has 1 aromatic rings. The fourth-order valence-electron chi connectivity index (χ4n) is 2.66. The Morgan fingerprint density at radius 2 is 1.85 bits per heavy atom. The summed E-state index contributed by atoms with van der Waals surface area (Å²) >= 11 is 0. The van der Waals surface area contributed by atoms with E-state index in [0.717, 1.165) is 38.8 Å². The summed E-state index contributed by atoms with van der Waals surface area (Å²) in [5.41, 5.74) is 7.68. The van der Waals surface area contributed by atoms with Gasteiger partial charge in [0.05, 0.1) is 6.04 Å². The summed E-state index contributed by atoms with van der Waals surface area (Å²) in [5, 5.41) is 0. The highest BCUT2D eigenvalue weighted by molar-refractivity contribution is 5.81. The normalized spacial score (nSPS) is 19.6. The molecule has 0 bridgehead atoms. The van der Waals surface area contributed by atoms with E-state index < -0.39 is 0 Å². The van der Waals surface area contributed by atoms with Gasteiger partial charge in [0.15, 0.2) is 0 Å². The third kappa shape index (κ3) is 4.07. The van der Waals surface area contributed by atoms with Gasteiger partial charge < -0.3 is 10.6 Å². The first kappa shape index (κ1) is 15.0. The molecule has 0 aliphatic carbocycles. The van der Waals surface area contributed by atoms with E-state index in [1.165, 1.54) is 5.56 Å². The van der Waals surface area contributed by atoms with Crippen LogP contribution in [0.5, 0.6) is 0 Å². The highest BCUT2D eigenvalue weighted by atomic mass is 16.2. The molecule has 0 aromatic heterocycles. The smallest absolute Gasteiger partial charge is 0.239 e. The number of carbonyl (C=O) groups excluding carboxylic acids is 1. The maximum Gasteiger partial charge on any atom is 0.239 e. The predicted octanol–water partition coefficient (Wildman–Crippen LogP) is 2.60. The molecule has 0 radical (unpaired) electrons. The van der Waals surface area contributed by atoms with Crippen LogP contribution in [0.4, 0.5) is 0 Å². The third-order valence-electron chi connectivity index (χ3n) is 4.33. The number of nitrogens with two attached hydrogens (primary N) is 1. The van der Waals surface area contributed by atoms with E-state index in [0.29, 0.717) is 5.41 Å². The molecule has 0 unspecified atom stereocenters. The van der Waals surface area contributed by atoms with Crippen molar-refractivity contribution < 1.29 is 4.79 Å². The average molecular weight is 274 g/mol. The van der Waals surface area contributed by atoms with Crippen LogP contribution in [0.2, 0.25) is 0 Å². The van der Waals surface area contributed by atoms with Crippen molar-refractivity contribution in [3.05, 3.63) is 35.9 Å². The van der Waals surface area contributed by atoms with E-state index >= 15 is 0 Å². The molecule has 3 nitrogen and oxygen atoms in total. The molecule has 1 amide bonds. The number of carbonyl (C=O) groups is 1.